The Morgan fingerprint density at radius 1 is 1.13 bits per heavy atom. The van der Waals surface area contributed by atoms with E-state index >= 15 is 0 Å². The highest BCUT2D eigenvalue weighted by molar-refractivity contribution is 5.97. The van der Waals surface area contributed by atoms with Crippen molar-refractivity contribution in [3.63, 3.8) is 0 Å². The molecule has 31 heavy (non-hydrogen) atoms. The van der Waals surface area contributed by atoms with Gasteiger partial charge in [0.25, 0.3) is 0 Å². The highest BCUT2D eigenvalue weighted by Gasteiger charge is 2.24. The SMILES string of the molecule is Cc1cccc(N2CCN(CCC(=O)c3ccc4c(c3)CC(C)N4C)CC2)c1.NC=O. The van der Waals surface area contributed by atoms with E-state index < -0.39 is 0 Å². The molecule has 1 unspecified atom stereocenters. The van der Waals surface area contributed by atoms with Crippen molar-refractivity contribution in [2.75, 3.05) is 49.6 Å². The quantitative estimate of drug-likeness (QED) is 0.593. The second-order valence-corrected chi connectivity index (χ2v) is 8.48. The van der Waals surface area contributed by atoms with Crippen LogP contribution in [-0.4, -0.2) is 62.9 Å². The maximum Gasteiger partial charge on any atom is 0.204 e. The second kappa shape index (κ2) is 10.4. The third-order valence-electron chi connectivity index (χ3n) is 6.35. The van der Waals surface area contributed by atoms with Crippen molar-refractivity contribution in [3.8, 4) is 0 Å². The molecule has 2 aliphatic rings. The van der Waals surface area contributed by atoms with Gasteiger partial charge in [-0.3, -0.25) is 14.5 Å². The van der Waals surface area contributed by atoms with E-state index in [1.54, 1.807) is 0 Å². The number of likely N-dealkylation sites (N-methyl/N-ethyl adjacent to an activating group) is 1. The van der Waals surface area contributed by atoms with Gasteiger partial charge < -0.3 is 15.5 Å². The van der Waals surface area contributed by atoms with Gasteiger partial charge in [-0.15, -0.1) is 0 Å². The van der Waals surface area contributed by atoms with Crippen molar-refractivity contribution in [1.82, 2.24) is 4.90 Å². The lowest BCUT2D eigenvalue weighted by Crippen LogP contribution is -2.46. The van der Waals surface area contributed by atoms with Gasteiger partial charge in [0.05, 0.1) is 0 Å². The molecule has 6 heteroatoms. The summed E-state index contributed by atoms with van der Waals surface area (Å²) in [5, 5.41) is 0. The number of nitrogens with two attached hydrogens (primary N) is 1. The summed E-state index contributed by atoms with van der Waals surface area (Å²) in [7, 11) is 2.13. The molecule has 6 nitrogen and oxygen atoms in total. The lowest BCUT2D eigenvalue weighted by Gasteiger charge is -2.36. The molecule has 0 spiro atoms. The van der Waals surface area contributed by atoms with E-state index in [-0.39, 0.29) is 12.2 Å². The van der Waals surface area contributed by atoms with E-state index in [4.69, 9.17) is 4.79 Å². The van der Waals surface area contributed by atoms with Crippen LogP contribution in [0.5, 0.6) is 0 Å². The van der Waals surface area contributed by atoms with E-state index in [0.717, 1.165) is 44.7 Å². The molecule has 0 aliphatic carbocycles. The number of carbonyl (C=O) groups is 2. The maximum absolute atomic E-state index is 12.7. The molecule has 0 saturated carbocycles. The van der Waals surface area contributed by atoms with Gasteiger partial charge in [-0.25, -0.2) is 0 Å². The molecule has 4 rings (SSSR count). The summed E-state index contributed by atoms with van der Waals surface area (Å²) in [5.41, 5.74) is 10.2. The van der Waals surface area contributed by atoms with Crippen molar-refractivity contribution in [3.05, 3.63) is 59.2 Å². The zero-order chi connectivity index (χ0) is 22.4. The number of benzene rings is 2. The fourth-order valence-electron chi connectivity index (χ4n) is 4.42. The largest absolute Gasteiger partial charge is 0.372 e. The summed E-state index contributed by atoms with van der Waals surface area (Å²) in [5.74, 6) is 0.270. The van der Waals surface area contributed by atoms with E-state index in [0.29, 0.717) is 12.5 Å². The summed E-state index contributed by atoms with van der Waals surface area (Å²) in [6.45, 7) is 9.33. The Bertz CT molecular complexity index is 906. The number of hydrogen-bond acceptors (Lipinski definition) is 5. The summed E-state index contributed by atoms with van der Waals surface area (Å²) < 4.78 is 0. The predicted octanol–water partition coefficient (Wildman–Crippen LogP) is 2.87. The number of hydrogen-bond donors (Lipinski definition) is 1. The number of aryl methyl sites for hydroxylation is 1. The van der Waals surface area contributed by atoms with Gasteiger partial charge in [0, 0.05) is 69.2 Å². The van der Waals surface area contributed by atoms with Crippen LogP contribution in [0.15, 0.2) is 42.5 Å². The van der Waals surface area contributed by atoms with Crippen molar-refractivity contribution in [1.29, 1.82) is 0 Å². The fourth-order valence-corrected chi connectivity index (χ4v) is 4.42. The Balaban J connectivity index is 0.000000858. The van der Waals surface area contributed by atoms with Crippen LogP contribution in [-0.2, 0) is 11.2 Å². The first-order valence-corrected chi connectivity index (χ1v) is 11.0. The van der Waals surface area contributed by atoms with Crippen LogP contribution in [0.2, 0.25) is 0 Å². The number of nitrogens with zero attached hydrogens (tertiary/aromatic N) is 3. The molecule has 1 fully saturated rings. The lowest BCUT2D eigenvalue weighted by atomic mass is 10.0. The molecule has 2 N–H and O–H groups in total. The molecule has 1 atom stereocenters. The Hall–Kier alpha value is -2.86. The predicted molar refractivity (Wildman–Crippen MR) is 127 cm³/mol. The van der Waals surface area contributed by atoms with Gasteiger partial charge in [0.2, 0.25) is 6.41 Å². The van der Waals surface area contributed by atoms with E-state index in [1.807, 2.05) is 6.07 Å². The van der Waals surface area contributed by atoms with Crippen molar-refractivity contribution in [2.45, 2.75) is 32.7 Å². The van der Waals surface area contributed by atoms with Gasteiger partial charge >= 0.3 is 0 Å². The molecule has 2 aromatic rings. The van der Waals surface area contributed by atoms with Crippen LogP contribution in [0.4, 0.5) is 11.4 Å². The first-order valence-electron chi connectivity index (χ1n) is 11.0. The Morgan fingerprint density at radius 2 is 1.84 bits per heavy atom. The van der Waals surface area contributed by atoms with Crippen molar-refractivity contribution >= 4 is 23.6 Å². The minimum Gasteiger partial charge on any atom is -0.372 e. The molecule has 2 aromatic carbocycles. The van der Waals surface area contributed by atoms with Crippen LogP contribution < -0.4 is 15.5 Å². The average molecular weight is 423 g/mol. The Labute approximate surface area is 185 Å². The zero-order valence-corrected chi connectivity index (χ0v) is 18.9. The highest BCUT2D eigenvalue weighted by Crippen LogP contribution is 2.31. The molecular formula is C25H34N4O2. The number of fused-ring (bicyclic) bond motifs is 1. The molecular weight excluding hydrogens is 388 g/mol. The highest BCUT2D eigenvalue weighted by atomic mass is 16.1. The molecule has 2 heterocycles. The smallest absolute Gasteiger partial charge is 0.204 e. The minimum atomic E-state index is 0.250. The monoisotopic (exact) mass is 422 g/mol. The first-order chi connectivity index (χ1) is 14.9. The van der Waals surface area contributed by atoms with Crippen molar-refractivity contribution in [2.24, 2.45) is 5.73 Å². The van der Waals surface area contributed by atoms with Crippen LogP contribution in [0.1, 0.15) is 34.8 Å². The summed E-state index contributed by atoms with van der Waals surface area (Å²) >= 11 is 0. The van der Waals surface area contributed by atoms with Gasteiger partial charge in [-0.2, -0.15) is 0 Å². The van der Waals surface area contributed by atoms with Crippen LogP contribution in [0.25, 0.3) is 0 Å². The molecule has 0 bridgehead atoms. The number of amides is 1. The molecule has 166 valence electrons. The maximum atomic E-state index is 12.7. The third kappa shape index (κ3) is 5.64. The van der Waals surface area contributed by atoms with E-state index in [2.05, 4.69) is 77.7 Å². The first kappa shape index (κ1) is 22.8. The van der Waals surface area contributed by atoms with Gasteiger partial charge in [0.1, 0.15) is 0 Å². The fraction of sp³-hybridized carbons (Fsp3) is 0.440. The van der Waals surface area contributed by atoms with Crippen LogP contribution in [0, 0.1) is 6.92 Å². The molecule has 1 amide bonds. The van der Waals surface area contributed by atoms with Gasteiger partial charge in [-0.1, -0.05) is 12.1 Å². The topological polar surface area (TPSA) is 69.9 Å². The van der Waals surface area contributed by atoms with E-state index in [9.17, 15) is 4.79 Å². The number of ketones is 1. The Morgan fingerprint density at radius 3 is 2.52 bits per heavy atom. The number of carbonyl (C=O) groups excluding carboxylic acids is 2. The summed E-state index contributed by atoms with van der Waals surface area (Å²) in [6, 6.07) is 15.5. The average Bonchev–Trinajstić information content (AvgIpc) is 3.06. The van der Waals surface area contributed by atoms with Crippen LogP contribution in [0.3, 0.4) is 0 Å². The van der Waals surface area contributed by atoms with Crippen LogP contribution >= 0.6 is 0 Å². The number of anilines is 2. The normalized spacial score (nSPS) is 18.2. The summed E-state index contributed by atoms with van der Waals surface area (Å²) in [6.07, 6.45) is 1.89. The number of piperazine rings is 1. The molecule has 2 aliphatic heterocycles. The molecule has 0 radical (unpaired) electrons. The van der Waals surface area contributed by atoms with Gasteiger partial charge in [-0.05, 0) is 61.7 Å². The number of primary amides is 1. The second-order valence-electron chi connectivity index (χ2n) is 8.48. The third-order valence-corrected chi connectivity index (χ3v) is 6.35. The Kier molecular flexibility index (Phi) is 7.69. The minimum absolute atomic E-state index is 0.250. The van der Waals surface area contributed by atoms with Crippen molar-refractivity contribution < 1.29 is 9.59 Å². The van der Waals surface area contributed by atoms with Gasteiger partial charge in [0.15, 0.2) is 5.78 Å². The number of Topliss-reactive ketones (excluding diaryl/α,β-unsaturated/α-hetero) is 1. The number of rotatable bonds is 5. The van der Waals surface area contributed by atoms with E-state index in [1.165, 1.54) is 22.5 Å². The summed E-state index contributed by atoms with van der Waals surface area (Å²) in [4.78, 5) is 28.5. The molecule has 0 aromatic heterocycles. The zero-order valence-electron chi connectivity index (χ0n) is 18.9. The standard InChI is InChI=1S/C24H31N3O.CH3NO/c1-18-5-4-6-22(15-18)27-13-11-26(12-14-27)10-9-24(28)20-7-8-23-21(17-20)16-19(2)25(23)3;2-1-3/h4-8,15,17,19H,9-14,16H2,1-3H3;1H,(H2,2,3). The lowest BCUT2D eigenvalue weighted by molar-refractivity contribution is -0.106. The molecule has 1 saturated heterocycles.